The van der Waals surface area contributed by atoms with Crippen molar-refractivity contribution in [2.45, 2.75) is 26.4 Å². The largest absolute Gasteiger partial charge is 0.497 e. The summed E-state index contributed by atoms with van der Waals surface area (Å²) in [4.78, 5) is 4.44. The van der Waals surface area contributed by atoms with Gasteiger partial charge in [0.2, 0.25) is 0 Å². The van der Waals surface area contributed by atoms with E-state index in [1.807, 2.05) is 30.5 Å². The van der Waals surface area contributed by atoms with Crippen LogP contribution in [0.5, 0.6) is 11.5 Å². The summed E-state index contributed by atoms with van der Waals surface area (Å²) in [6, 6.07) is 9.92. The van der Waals surface area contributed by atoms with E-state index in [2.05, 4.69) is 23.3 Å². The predicted octanol–water partition coefficient (Wildman–Crippen LogP) is 2.95. The lowest BCUT2D eigenvalue weighted by Gasteiger charge is -2.12. The van der Waals surface area contributed by atoms with Crippen LogP contribution in [0.3, 0.4) is 0 Å². The fourth-order valence-electron chi connectivity index (χ4n) is 2.29. The Hall–Kier alpha value is -2.07. The number of nitrogens with one attached hydrogen (secondary N) is 1. The van der Waals surface area contributed by atoms with Gasteiger partial charge in [0.15, 0.2) is 0 Å². The third-order valence-electron chi connectivity index (χ3n) is 3.46. The van der Waals surface area contributed by atoms with Crippen molar-refractivity contribution in [3.8, 4) is 11.5 Å². The number of methoxy groups -OCH3 is 2. The van der Waals surface area contributed by atoms with Crippen molar-refractivity contribution in [2.24, 2.45) is 0 Å². The average Bonchev–Trinajstić information content (AvgIpc) is 2.55. The molecule has 0 spiro atoms. The number of benzene rings is 1. The highest BCUT2D eigenvalue weighted by atomic mass is 16.5. The van der Waals surface area contributed by atoms with Crippen molar-refractivity contribution in [2.75, 3.05) is 14.2 Å². The monoisotopic (exact) mass is 286 g/mol. The van der Waals surface area contributed by atoms with Crippen LogP contribution in [0.25, 0.3) is 0 Å². The first-order valence-electron chi connectivity index (χ1n) is 7.12. The SMILES string of the molecule is CCc1cccnc1CNCc1cc(OC)ccc1OC. The van der Waals surface area contributed by atoms with E-state index >= 15 is 0 Å². The molecule has 2 aromatic rings. The molecule has 0 radical (unpaired) electrons. The Morgan fingerprint density at radius 2 is 1.90 bits per heavy atom. The molecule has 1 heterocycles. The van der Waals surface area contributed by atoms with Gasteiger partial charge >= 0.3 is 0 Å². The molecule has 2 rings (SSSR count). The molecule has 0 unspecified atom stereocenters. The highest BCUT2D eigenvalue weighted by Crippen LogP contribution is 2.23. The summed E-state index contributed by atoms with van der Waals surface area (Å²) in [6.07, 6.45) is 2.83. The second-order valence-corrected chi connectivity index (χ2v) is 4.74. The first-order valence-corrected chi connectivity index (χ1v) is 7.12. The molecule has 21 heavy (non-hydrogen) atoms. The lowest BCUT2D eigenvalue weighted by molar-refractivity contribution is 0.397. The second kappa shape index (κ2) is 7.64. The maximum Gasteiger partial charge on any atom is 0.123 e. The molecule has 0 atom stereocenters. The normalized spacial score (nSPS) is 10.4. The van der Waals surface area contributed by atoms with Crippen molar-refractivity contribution in [1.82, 2.24) is 10.3 Å². The lowest BCUT2D eigenvalue weighted by atomic mass is 10.1. The molecule has 0 amide bonds. The molecule has 0 aliphatic rings. The zero-order valence-corrected chi connectivity index (χ0v) is 12.8. The van der Waals surface area contributed by atoms with Crippen molar-refractivity contribution < 1.29 is 9.47 Å². The quantitative estimate of drug-likeness (QED) is 0.850. The molecule has 0 saturated heterocycles. The summed E-state index contributed by atoms with van der Waals surface area (Å²) < 4.78 is 10.6. The standard InChI is InChI=1S/C17H22N2O2/c1-4-13-6-5-9-19-16(13)12-18-11-14-10-15(20-2)7-8-17(14)21-3/h5-10,18H,4,11-12H2,1-3H3. The summed E-state index contributed by atoms with van der Waals surface area (Å²) in [7, 11) is 3.35. The Morgan fingerprint density at radius 3 is 2.62 bits per heavy atom. The second-order valence-electron chi connectivity index (χ2n) is 4.74. The summed E-state index contributed by atoms with van der Waals surface area (Å²) in [6.45, 7) is 3.59. The van der Waals surface area contributed by atoms with Gasteiger partial charge in [0, 0.05) is 24.8 Å². The van der Waals surface area contributed by atoms with Gasteiger partial charge in [-0.05, 0) is 36.2 Å². The van der Waals surface area contributed by atoms with Crippen LogP contribution in [-0.2, 0) is 19.5 Å². The van der Waals surface area contributed by atoms with E-state index in [4.69, 9.17) is 9.47 Å². The van der Waals surface area contributed by atoms with E-state index in [1.54, 1.807) is 14.2 Å². The molecule has 0 aliphatic heterocycles. The Bertz CT molecular complexity index is 585. The van der Waals surface area contributed by atoms with Crippen LogP contribution >= 0.6 is 0 Å². The van der Waals surface area contributed by atoms with Crippen LogP contribution in [-0.4, -0.2) is 19.2 Å². The maximum absolute atomic E-state index is 5.38. The van der Waals surface area contributed by atoms with Gasteiger partial charge in [0.25, 0.3) is 0 Å². The molecule has 0 fully saturated rings. The fourth-order valence-corrected chi connectivity index (χ4v) is 2.29. The minimum absolute atomic E-state index is 0.708. The van der Waals surface area contributed by atoms with Gasteiger partial charge in [0.1, 0.15) is 11.5 Å². The lowest BCUT2D eigenvalue weighted by Crippen LogP contribution is -2.15. The first-order chi connectivity index (χ1) is 10.3. The van der Waals surface area contributed by atoms with E-state index in [0.717, 1.165) is 35.7 Å². The minimum atomic E-state index is 0.708. The summed E-state index contributed by atoms with van der Waals surface area (Å²) in [5, 5.41) is 3.42. The van der Waals surface area contributed by atoms with Crippen molar-refractivity contribution in [3.63, 3.8) is 0 Å². The van der Waals surface area contributed by atoms with Crippen LogP contribution < -0.4 is 14.8 Å². The Kier molecular flexibility index (Phi) is 5.58. The van der Waals surface area contributed by atoms with E-state index in [1.165, 1.54) is 5.56 Å². The minimum Gasteiger partial charge on any atom is -0.497 e. The Balaban J connectivity index is 2.03. The van der Waals surface area contributed by atoms with E-state index in [0.29, 0.717) is 6.54 Å². The van der Waals surface area contributed by atoms with Crippen molar-refractivity contribution in [3.05, 3.63) is 53.3 Å². The number of nitrogens with zero attached hydrogens (tertiary/aromatic N) is 1. The topological polar surface area (TPSA) is 43.4 Å². The number of hydrogen-bond donors (Lipinski definition) is 1. The number of rotatable bonds is 7. The number of ether oxygens (including phenoxy) is 2. The molecular weight excluding hydrogens is 264 g/mol. The van der Waals surface area contributed by atoms with Gasteiger partial charge in [-0.15, -0.1) is 0 Å². The van der Waals surface area contributed by atoms with Crippen LogP contribution in [0.1, 0.15) is 23.7 Å². The molecule has 0 aliphatic carbocycles. The van der Waals surface area contributed by atoms with Crippen molar-refractivity contribution in [1.29, 1.82) is 0 Å². The highest BCUT2D eigenvalue weighted by Gasteiger charge is 2.06. The highest BCUT2D eigenvalue weighted by molar-refractivity contribution is 5.40. The van der Waals surface area contributed by atoms with Gasteiger partial charge in [-0.2, -0.15) is 0 Å². The van der Waals surface area contributed by atoms with Gasteiger partial charge in [-0.3, -0.25) is 4.98 Å². The third kappa shape index (κ3) is 3.95. The first kappa shape index (κ1) is 15.3. The van der Waals surface area contributed by atoms with E-state index in [9.17, 15) is 0 Å². The number of aryl methyl sites for hydroxylation is 1. The molecule has 1 aromatic heterocycles. The number of pyridine rings is 1. The molecule has 1 N–H and O–H groups in total. The molecule has 4 nitrogen and oxygen atoms in total. The van der Waals surface area contributed by atoms with Gasteiger partial charge in [-0.25, -0.2) is 0 Å². The van der Waals surface area contributed by atoms with Crippen LogP contribution in [0, 0.1) is 0 Å². The molecule has 0 bridgehead atoms. The van der Waals surface area contributed by atoms with Crippen molar-refractivity contribution >= 4 is 0 Å². The third-order valence-corrected chi connectivity index (χ3v) is 3.46. The van der Waals surface area contributed by atoms with E-state index in [-0.39, 0.29) is 0 Å². The summed E-state index contributed by atoms with van der Waals surface area (Å²) in [5.74, 6) is 1.69. The van der Waals surface area contributed by atoms with Gasteiger partial charge in [-0.1, -0.05) is 13.0 Å². The number of aromatic nitrogens is 1. The zero-order chi connectivity index (χ0) is 15.1. The maximum atomic E-state index is 5.38. The van der Waals surface area contributed by atoms with Crippen LogP contribution in [0.4, 0.5) is 0 Å². The van der Waals surface area contributed by atoms with Crippen LogP contribution in [0.2, 0.25) is 0 Å². The summed E-state index contributed by atoms with van der Waals surface area (Å²) >= 11 is 0. The van der Waals surface area contributed by atoms with Gasteiger partial charge in [0.05, 0.1) is 19.9 Å². The van der Waals surface area contributed by atoms with Gasteiger partial charge < -0.3 is 14.8 Å². The predicted molar refractivity (Wildman–Crippen MR) is 83.7 cm³/mol. The smallest absolute Gasteiger partial charge is 0.123 e. The zero-order valence-electron chi connectivity index (χ0n) is 12.8. The average molecular weight is 286 g/mol. The van der Waals surface area contributed by atoms with Crippen LogP contribution in [0.15, 0.2) is 36.5 Å². The Morgan fingerprint density at radius 1 is 1.05 bits per heavy atom. The molecule has 1 aromatic carbocycles. The molecule has 112 valence electrons. The Labute approximate surface area is 126 Å². The molecular formula is C17H22N2O2. The fraction of sp³-hybridized carbons (Fsp3) is 0.353. The number of hydrogen-bond acceptors (Lipinski definition) is 4. The van der Waals surface area contributed by atoms with E-state index < -0.39 is 0 Å². The molecule has 0 saturated carbocycles. The molecule has 4 heteroatoms. The summed E-state index contributed by atoms with van der Waals surface area (Å²) in [5.41, 5.74) is 3.45.